The number of para-hydroxylation sites is 1. The van der Waals surface area contributed by atoms with Crippen molar-refractivity contribution in [3.05, 3.63) is 47.3 Å². The van der Waals surface area contributed by atoms with Crippen molar-refractivity contribution in [2.75, 3.05) is 26.7 Å². The molecule has 1 aromatic carbocycles. The van der Waals surface area contributed by atoms with Crippen molar-refractivity contribution in [2.45, 2.75) is 59.0 Å². The van der Waals surface area contributed by atoms with Gasteiger partial charge in [0.25, 0.3) is 0 Å². The molecule has 1 saturated heterocycles. The van der Waals surface area contributed by atoms with Crippen molar-refractivity contribution in [1.29, 1.82) is 0 Å². The number of hydrogen-bond donors (Lipinski definition) is 2. The molecule has 166 valence electrons. The zero-order chi connectivity index (χ0) is 20.6. The van der Waals surface area contributed by atoms with Gasteiger partial charge in [0.05, 0.1) is 11.4 Å². The smallest absolute Gasteiger partial charge is 0.191 e. The van der Waals surface area contributed by atoms with Gasteiger partial charge < -0.3 is 15.5 Å². The minimum Gasteiger partial charge on any atom is -0.354 e. The van der Waals surface area contributed by atoms with Gasteiger partial charge in [0, 0.05) is 38.4 Å². The highest BCUT2D eigenvalue weighted by molar-refractivity contribution is 14.0. The fourth-order valence-corrected chi connectivity index (χ4v) is 3.99. The van der Waals surface area contributed by atoms with Gasteiger partial charge >= 0.3 is 0 Å². The molecule has 3 rings (SSSR count). The molecule has 0 saturated carbocycles. The van der Waals surface area contributed by atoms with Gasteiger partial charge in [0.15, 0.2) is 5.96 Å². The maximum Gasteiger partial charge on any atom is 0.191 e. The highest BCUT2D eigenvalue weighted by Gasteiger charge is 2.19. The average molecular weight is 524 g/mol. The van der Waals surface area contributed by atoms with Crippen LogP contribution in [0, 0.1) is 13.8 Å². The Morgan fingerprint density at radius 1 is 1.20 bits per heavy atom. The Bertz CT molecular complexity index is 808. The minimum atomic E-state index is 0. The summed E-state index contributed by atoms with van der Waals surface area (Å²) in [6.45, 7) is 10.7. The molecule has 2 N–H and O–H groups in total. The number of unbranched alkanes of at least 4 members (excludes halogenated alkanes) is 1. The Hall–Kier alpha value is -1.61. The molecule has 1 aliphatic heterocycles. The second-order valence-electron chi connectivity index (χ2n) is 8.01. The van der Waals surface area contributed by atoms with E-state index in [-0.39, 0.29) is 24.0 Å². The van der Waals surface area contributed by atoms with E-state index in [0.717, 1.165) is 23.0 Å². The van der Waals surface area contributed by atoms with Gasteiger partial charge in [-0.2, -0.15) is 5.10 Å². The number of aromatic nitrogens is 2. The molecule has 0 radical (unpaired) electrons. The van der Waals surface area contributed by atoms with Crippen molar-refractivity contribution in [3.8, 4) is 5.69 Å². The molecule has 1 aliphatic rings. The van der Waals surface area contributed by atoms with Crippen LogP contribution in [0.5, 0.6) is 0 Å². The SMILES string of the molecule is CCCCN1CCC(NC(=NC)NCc2ccccc2-n2nc(C)cc2C)CC1.I. The molecule has 0 spiro atoms. The summed E-state index contributed by atoms with van der Waals surface area (Å²) in [7, 11) is 1.85. The number of nitrogens with one attached hydrogen (secondary N) is 2. The summed E-state index contributed by atoms with van der Waals surface area (Å²) in [5.74, 6) is 0.875. The predicted octanol–water partition coefficient (Wildman–Crippen LogP) is 4.04. The second-order valence-corrected chi connectivity index (χ2v) is 8.01. The standard InChI is InChI=1S/C23H36N6.HI/c1-5-6-13-28-14-11-21(12-15-28)26-23(24-4)25-17-20-9-7-8-10-22(20)29-19(3)16-18(2)27-29;/h7-10,16,21H,5-6,11-15,17H2,1-4H3,(H2,24,25,26);1H. The zero-order valence-electron chi connectivity index (χ0n) is 18.8. The van der Waals surface area contributed by atoms with Crippen molar-refractivity contribution in [3.63, 3.8) is 0 Å². The molecule has 2 aromatic rings. The van der Waals surface area contributed by atoms with E-state index in [1.165, 1.54) is 50.9 Å². The monoisotopic (exact) mass is 524 g/mol. The summed E-state index contributed by atoms with van der Waals surface area (Å²) in [5.41, 5.74) is 4.50. The van der Waals surface area contributed by atoms with E-state index in [4.69, 9.17) is 0 Å². The van der Waals surface area contributed by atoms with E-state index in [0.29, 0.717) is 12.6 Å². The molecule has 7 heteroatoms. The number of hydrogen-bond acceptors (Lipinski definition) is 3. The number of rotatable bonds is 7. The zero-order valence-corrected chi connectivity index (χ0v) is 21.1. The van der Waals surface area contributed by atoms with Crippen molar-refractivity contribution in [1.82, 2.24) is 25.3 Å². The van der Waals surface area contributed by atoms with Crippen LogP contribution >= 0.6 is 24.0 Å². The van der Waals surface area contributed by atoms with Gasteiger partial charge in [-0.05, 0) is 57.4 Å². The minimum absolute atomic E-state index is 0. The Morgan fingerprint density at radius 2 is 1.93 bits per heavy atom. The molecular weight excluding hydrogens is 487 g/mol. The molecule has 1 fully saturated rings. The number of aliphatic imine (C=N–C) groups is 1. The van der Waals surface area contributed by atoms with Crippen LogP contribution < -0.4 is 10.6 Å². The topological polar surface area (TPSA) is 57.5 Å². The lowest BCUT2D eigenvalue weighted by atomic mass is 10.0. The highest BCUT2D eigenvalue weighted by atomic mass is 127. The molecule has 30 heavy (non-hydrogen) atoms. The third-order valence-electron chi connectivity index (χ3n) is 5.66. The lowest BCUT2D eigenvalue weighted by Crippen LogP contribution is -2.48. The summed E-state index contributed by atoms with van der Waals surface area (Å²) in [6, 6.07) is 11.0. The van der Waals surface area contributed by atoms with Gasteiger partial charge in [-0.3, -0.25) is 4.99 Å². The Balaban J connectivity index is 0.00000320. The number of halogens is 1. The number of guanidine groups is 1. The largest absolute Gasteiger partial charge is 0.354 e. The van der Waals surface area contributed by atoms with Crippen LogP contribution in [0.3, 0.4) is 0 Å². The molecule has 2 heterocycles. The van der Waals surface area contributed by atoms with Gasteiger partial charge in [-0.15, -0.1) is 24.0 Å². The number of benzene rings is 1. The molecule has 0 bridgehead atoms. The fourth-order valence-electron chi connectivity index (χ4n) is 3.99. The number of likely N-dealkylation sites (tertiary alicyclic amines) is 1. The van der Waals surface area contributed by atoms with Crippen molar-refractivity contribution >= 4 is 29.9 Å². The summed E-state index contributed by atoms with van der Waals surface area (Å²) < 4.78 is 2.02. The van der Waals surface area contributed by atoms with Crippen LogP contribution in [-0.4, -0.2) is 53.4 Å². The molecule has 0 atom stereocenters. The maximum atomic E-state index is 4.65. The molecule has 6 nitrogen and oxygen atoms in total. The summed E-state index contributed by atoms with van der Waals surface area (Å²) >= 11 is 0. The maximum absolute atomic E-state index is 4.65. The van der Waals surface area contributed by atoms with E-state index in [9.17, 15) is 0 Å². The van der Waals surface area contributed by atoms with Crippen LogP contribution in [0.1, 0.15) is 49.6 Å². The van der Waals surface area contributed by atoms with Gasteiger partial charge in [0.2, 0.25) is 0 Å². The molecule has 0 unspecified atom stereocenters. The van der Waals surface area contributed by atoms with Crippen LogP contribution in [0.2, 0.25) is 0 Å². The Labute approximate surface area is 198 Å². The molecule has 1 aromatic heterocycles. The second kappa shape index (κ2) is 12.3. The van der Waals surface area contributed by atoms with Gasteiger partial charge in [0.1, 0.15) is 0 Å². The van der Waals surface area contributed by atoms with Crippen molar-refractivity contribution < 1.29 is 0 Å². The first kappa shape index (κ1) is 24.7. The third kappa shape index (κ3) is 6.70. The lowest BCUT2D eigenvalue weighted by Gasteiger charge is -2.33. The quantitative estimate of drug-likeness (QED) is 0.326. The number of nitrogens with zero attached hydrogens (tertiary/aromatic N) is 4. The van der Waals surface area contributed by atoms with Crippen LogP contribution in [0.4, 0.5) is 0 Å². The van der Waals surface area contributed by atoms with Crippen LogP contribution in [-0.2, 0) is 6.54 Å². The van der Waals surface area contributed by atoms with Gasteiger partial charge in [-0.25, -0.2) is 4.68 Å². The van der Waals surface area contributed by atoms with Crippen LogP contribution in [0.25, 0.3) is 5.69 Å². The molecule has 0 aliphatic carbocycles. The van der Waals surface area contributed by atoms with Gasteiger partial charge in [-0.1, -0.05) is 31.5 Å². The van der Waals surface area contributed by atoms with E-state index in [2.05, 4.69) is 69.8 Å². The summed E-state index contributed by atoms with van der Waals surface area (Å²) in [6.07, 6.45) is 4.92. The highest BCUT2D eigenvalue weighted by Crippen LogP contribution is 2.17. The average Bonchev–Trinajstić information content (AvgIpc) is 3.08. The number of piperidine rings is 1. The summed E-state index contributed by atoms with van der Waals surface area (Å²) in [5, 5.41) is 11.8. The van der Waals surface area contributed by atoms with Crippen molar-refractivity contribution in [2.24, 2.45) is 4.99 Å². The molecular formula is C23H37IN6. The lowest BCUT2D eigenvalue weighted by molar-refractivity contribution is 0.203. The first-order valence-electron chi connectivity index (χ1n) is 10.9. The third-order valence-corrected chi connectivity index (χ3v) is 5.66. The first-order valence-corrected chi connectivity index (χ1v) is 10.9. The Morgan fingerprint density at radius 3 is 2.57 bits per heavy atom. The van der Waals surface area contributed by atoms with E-state index in [1.807, 2.05) is 18.7 Å². The molecule has 0 amide bonds. The van der Waals surface area contributed by atoms with E-state index in [1.54, 1.807) is 0 Å². The number of aryl methyl sites for hydroxylation is 2. The van der Waals surface area contributed by atoms with E-state index >= 15 is 0 Å². The van der Waals surface area contributed by atoms with Crippen LogP contribution in [0.15, 0.2) is 35.3 Å². The summed E-state index contributed by atoms with van der Waals surface area (Å²) in [4.78, 5) is 7.03. The normalized spacial score (nSPS) is 15.7. The predicted molar refractivity (Wildman–Crippen MR) is 136 cm³/mol. The first-order chi connectivity index (χ1) is 14.1. The Kier molecular flexibility index (Phi) is 10.1. The van der Waals surface area contributed by atoms with E-state index < -0.39 is 0 Å². The fraction of sp³-hybridized carbons (Fsp3) is 0.565.